The Morgan fingerprint density at radius 2 is 2.26 bits per heavy atom. The maximum atomic E-state index is 11.8. The zero-order chi connectivity index (χ0) is 13.6. The summed E-state index contributed by atoms with van der Waals surface area (Å²) in [6, 6.07) is 0. The summed E-state index contributed by atoms with van der Waals surface area (Å²) in [6.07, 6.45) is 6.42. The van der Waals surface area contributed by atoms with Gasteiger partial charge >= 0.3 is 5.97 Å². The van der Waals surface area contributed by atoms with Crippen molar-refractivity contribution >= 4 is 12.3 Å². The summed E-state index contributed by atoms with van der Waals surface area (Å²) >= 11 is 0. The second-order valence-corrected chi connectivity index (χ2v) is 6.21. The van der Waals surface area contributed by atoms with Crippen LogP contribution in [0.25, 0.3) is 0 Å². The van der Waals surface area contributed by atoms with E-state index in [2.05, 4.69) is 19.9 Å². The van der Waals surface area contributed by atoms with E-state index in [4.69, 9.17) is 9.47 Å². The predicted molar refractivity (Wildman–Crippen MR) is 68.4 cm³/mol. The number of carbonyl (C=O) groups is 2. The number of hydrogen-bond acceptors (Lipinski definition) is 4. The van der Waals surface area contributed by atoms with Gasteiger partial charge in [-0.2, -0.15) is 0 Å². The van der Waals surface area contributed by atoms with Gasteiger partial charge in [-0.3, -0.25) is 4.79 Å². The Kier molecular flexibility index (Phi) is 3.01. The van der Waals surface area contributed by atoms with E-state index in [0.29, 0.717) is 0 Å². The fourth-order valence-corrected chi connectivity index (χ4v) is 3.44. The molecule has 2 fully saturated rings. The molecule has 2 aliphatic heterocycles. The quantitative estimate of drug-likeness (QED) is 0.239. The number of ether oxygens (including phenoxy) is 2. The first-order chi connectivity index (χ1) is 9.05. The maximum Gasteiger partial charge on any atom is 0.316 e. The molecule has 0 radical (unpaired) electrons. The molecule has 104 valence electrons. The Bertz CT molecular complexity index is 441. The van der Waals surface area contributed by atoms with E-state index in [9.17, 15) is 9.59 Å². The van der Waals surface area contributed by atoms with Crippen molar-refractivity contribution in [2.45, 2.75) is 57.3 Å². The van der Waals surface area contributed by atoms with Crippen molar-refractivity contribution in [2.24, 2.45) is 11.8 Å². The van der Waals surface area contributed by atoms with E-state index in [1.807, 2.05) is 0 Å². The summed E-state index contributed by atoms with van der Waals surface area (Å²) in [5.41, 5.74) is 1.14. The first-order valence-electron chi connectivity index (χ1n) is 7.04. The molecule has 2 heterocycles. The Labute approximate surface area is 113 Å². The fourth-order valence-electron chi connectivity index (χ4n) is 3.44. The molecule has 0 N–H and O–H groups in total. The molecular formula is C15H20O4. The minimum absolute atomic E-state index is 0.0294. The highest BCUT2D eigenvalue weighted by Crippen LogP contribution is 2.49. The van der Waals surface area contributed by atoms with Crippen molar-refractivity contribution in [3.8, 4) is 0 Å². The number of fused-ring (bicyclic) bond motifs is 3. The second kappa shape index (κ2) is 4.44. The van der Waals surface area contributed by atoms with Gasteiger partial charge < -0.3 is 14.3 Å². The molecule has 3 aliphatic rings. The third-order valence-corrected chi connectivity index (χ3v) is 4.80. The van der Waals surface area contributed by atoms with Crippen molar-refractivity contribution in [3.05, 3.63) is 11.6 Å². The van der Waals surface area contributed by atoms with Crippen LogP contribution in [0.4, 0.5) is 0 Å². The molecule has 0 spiro atoms. The van der Waals surface area contributed by atoms with Crippen LogP contribution >= 0.6 is 0 Å². The molecule has 0 aromatic carbocycles. The van der Waals surface area contributed by atoms with Crippen LogP contribution < -0.4 is 0 Å². The number of rotatable bonds is 1. The fraction of sp³-hybridized carbons (Fsp3) is 0.733. The van der Waals surface area contributed by atoms with Gasteiger partial charge in [-0.05, 0) is 39.5 Å². The highest BCUT2D eigenvalue weighted by atomic mass is 16.6. The zero-order valence-electron chi connectivity index (χ0n) is 11.4. The van der Waals surface area contributed by atoms with Gasteiger partial charge in [0.15, 0.2) is 0 Å². The lowest BCUT2D eigenvalue weighted by atomic mass is 9.81. The highest BCUT2D eigenvalue weighted by molar-refractivity contribution is 5.90. The highest BCUT2D eigenvalue weighted by Gasteiger charge is 2.62. The minimum atomic E-state index is -0.606. The zero-order valence-corrected chi connectivity index (χ0v) is 11.4. The molecule has 4 nitrogen and oxygen atoms in total. The van der Waals surface area contributed by atoms with E-state index < -0.39 is 5.92 Å². The molecule has 1 aliphatic carbocycles. The third-order valence-electron chi connectivity index (χ3n) is 4.80. The molecule has 19 heavy (non-hydrogen) atoms. The molecule has 3 rings (SSSR count). The number of esters is 1. The molecule has 0 aromatic heterocycles. The molecular weight excluding hydrogens is 244 g/mol. The van der Waals surface area contributed by atoms with Gasteiger partial charge in [0.1, 0.15) is 24.4 Å². The molecule has 0 saturated carbocycles. The van der Waals surface area contributed by atoms with Crippen LogP contribution in [-0.4, -0.2) is 30.1 Å². The van der Waals surface area contributed by atoms with Gasteiger partial charge in [-0.25, -0.2) is 0 Å². The van der Waals surface area contributed by atoms with Crippen molar-refractivity contribution < 1.29 is 19.1 Å². The smallest absolute Gasteiger partial charge is 0.316 e. The first kappa shape index (κ1) is 12.9. The number of aldehydes is 1. The lowest BCUT2D eigenvalue weighted by molar-refractivity contribution is -0.145. The lowest BCUT2D eigenvalue weighted by Crippen LogP contribution is -2.30. The van der Waals surface area contributed by atoms with Gasteiger partial charge in [0.05, 0.1) is 5.60 Å². The van der Waals surface area contributed by atoms with E-state index >= 15 is 0 Å². The van der Waals surface area contributed by atoms with Gasteiger partial charge in [0.25, 0.3) is 0 Å². The summed E-state index contributed by atoms with van der Waals surface area (Å²) in [7, 11) is 0. The SMILES string of the molecule is CC1=CCCC2(C)OC2C2OC(=O)C(C=O)C2CC1. The molecule has 2 saturated heterocycles. The van der Waals surface area contributed by atoms with E-state index in [1.165, 1.54) is 5.57 Å². The number of carbonyl (C=O) groups excluding carboxylic acids is 2. The number of hydrogen-bond donors (Lipinski definition) is 0. The van der Waals surface area contributed by atoms with Crippen molar-refractivity contribution in [3.63, 3.8) is 0 Å². The average molecular weight is 264 g/mol. The Balaban J connectivity index is 1.87. The van der Waals surface area contributed by atoms with Crippen LogP contribution in [0.15, 0.2) is 11.6 Å². The Morgan fingerprint density at radius 3 is 3.00 bits per heavy atom. The van der Waals surface area contributed by atoms with Crippen molar-refractivity contribution in [1.82, 2.24) is 0 Å². The molecule has 4 heteroatoms. The third kappa shape index (κ3) is 2.12. The number of epoxide rings is 1. The molecule has 0 aromatic rings. The van der Waals surface area contributed by atoms with Crippen LogP contribution in [0.1, 0.15) is 39.5 Å². The molecule has 0 amide bonds. The summed E-state index contributed by atoms with van der Waals surface area (Å²) in [5, 5.41) is 0. The number of allylic oxidation sites excluding steroid dienone is 2. The van der Waals surface area contributed by atoms with Gasteiger partial charge in [-0.1, -0.05) is 11.6 Å². The minimum Gasteiger partial charge on any atom is -0.459 e. The molecule has 5 atom stereocenters. The lowest BCUT2D eigenvalue weighted by Gasteiger charge is -2.20. The normalized spacial score (nSPS) is 45.6. The summed E-state index contributed by atoms with van der Waals surface area (Å²) in [4.78, 5) is 22.9. The largest absolute Gasteiger partial charge is 0.459 e. The summed E-state index contributed by atoms with van der Waals surface area (Å²) < 4.78 is 11.2. The van der Waals surface area contributed by atoms with E-state index in [0.717, 1.165) is 32.0 Å². The van der Waals surface area contributed by atoms with Gasteiger partial charge in [-0.15, -0.1) is 0 Å². The van der Waals surface area contributed by atoms with Crippen LogP contribution in [-0.2, 0) is 19.1 Å². The predicted octanol–water partition coefficient (Wildman–Crippen LogP) is 2.02. The Morgan fingerprint density at radius 1 is 1.47 bits per heavy atom. The van der Waals surface area contributed by atoms with Crippen molar-refractivity contribution in [2.75, 3.05) is 0 Å². The van der Waals surface area contributed by atoms with Crippen LogP contribution in [0.3, 0.4) is 0 Å². The summed E-state index contributed by atoms with van der Waals surface area (Å²) in [5.74, 6) is -1.01. The monoisotopic (exact) mass is 264 g/mol. The van der Waals surface area contributed by atoms with Gasteiger partial charge in [0, 0.05) is 5.92 Å². The topological polar surface area (TPSA) is 55.9 Å². The van der Waals surface area contributed by atoms with Crippen LogP contribution in [0, 0.1) is 11.8 Å². The average Bonchev–Trinajstić information content (AvgIpc) is 2.92. The summed E-state index contributed by atoms with van der Waals surface area (Å²) in [6.45, 7) is 4.18. The van der Waals surface area contributed by atoms with E-state index in [-0.39, 0.29) is 29.7 Å². The van der Waals surface area contributed by atoms with Crippen LogP contribution in [0.2, 0.25) is 0 Å². The molecule has 0 bridgehead atoms. The van der Waals surface area contributed by atoms with Gasteiger partial charge in [0.2, 0.25) is 0 Å². The van der Waals surface area contributed by atoms with Crippen LogP contribution in [0.5, 0.6) is 0 Å². The van der Waals surface area contributed by atoms with Crippen molar-refractivity contribution in [1.29, 1.82) is 0 Å². The molecule has 5 unspecified atom stereocenters. The second-order valence-electron chi connectivity index (χ2n) is 6.21. The Hall–Kier alpha value is -1.16. The maximum absolute atomic E-state index is 11.8. The van der Waals surface area contributed by atoms with E-state index in [1.54, 1.807) is 0 Å². The standard InChI is InChI=1S/C15H20O4/c1-9-4-3-7-15(2)13(19-15)12-10(6-5-9)11(8-16)14(17)18-12/h4,8,10-13H,3,5-7H2,1-2H3. The first-order valence-corrected chi connectivity index (χ1v) is 7.04.